The highest BCUT2D eigenvalue weighted by atomic mass is 32.2. The van der Waals surface area contributed by atoms with Gasteiger partial charge in [-0.05, 0) is 24.1 Å². The smallest absolute Gasteiger partial charge is 0.279 e. The van der Waals surface area contributed by atoms with Crippen molar-refractivity contribution in [2.45, 2.75) is 30.5 Å². The van der Waals surface area contributed by atoms with Crippen LogP contribution in [0.15, 0.2) is 65.8 Å². The Morgan fingerprint density at radius 1 is 1.14 bits per heavy atom. The number of aliphatic hydroxyl groups is 1. The number of sulfonamides is 1. The number of para-hydroxylation sites is 1. The summed E-state index contributed by atoms with van der Waals surface area (Å²) in [5, 5.41) is 14.4. The first kappa shape index (κ1) is 18.5. The molecule has 3 aromatic rings. The zero-order chi connectivity index (χ0) is 19.6. The van der Waals surface area contributed by atoms with Crippen molar-refractivity contribution in [3.05, 3.63) is 71.9 Å². The Morgan fingerprint density at radius 3 is 2.79 bits per heavy atom. The Morgan fingerprint density at radius 2 is 1.96 bits per heavy atom. The quantitative estimate of drug-likeness (QED) is 0.665. The van der Waals surface area contributed by atoms with E-state index in [2.05, 4.69) is 9.82 Å². The van der Waals surface area contributed by atoms with Crippen LogP contribution in [-0.2, 0) is 23.0 Å². The summed E-state index contributed by atoms with van der Waals surface area (Å²) in [5.41, 5.74) is 2.00. The molecule has 0 fully saturated rings. The molecular formula is C20H21N3O4S. The van der Waals surface area contributed by atoms with Gasteiger partial charge in [0.25, 0.3) is 10.0 Å². The van der Waals surface area contributed by atoms with Crippen molar-refractivity contribution in [3.8, 4) is 5.75 Å². The van der Waals surface area contributed by atoms with Gasteiger partial charge in [-0.3, -0.25) is 9.40 Å². The van der Waals surface area contributed by atoms with Crippen LogP contribution in [0.5, 0.6) is 5.75 Å². The molecule has 2 aromatic carbocycles. The van der Waals surface area contributed by atoms with E-state index in [1.165, 1.54) is 16.9 Å². The summed E-state index contributed by atoms with van der Waals surface area (Å²) < 4.78 is 35.6. The lowest BCUT2D eigenvalue weighted by Crippen LogP contribution is -2.21. The minimum Gasteiger partial charge on any atom is -0.491 e. The molecule has 28 heavy (non-hydrogen) atoms. The molecule has 0 bridgehead atoms. The van der Waals surface area contributed by atoms with Crippen LogP contribution in [0.3, 0.4) is 0 Å². The maximum absolute atomic E-state index is 13.0. The van der Waals surface area contributed by atoms with Crippen molar-refractivity contribution in [2.24, 2.45) is 0 Å². The van der Waals surface area contributed by atoms with E-state index in [0.717, 1.165) is 5.56 Å². The number of aromatic nitrogens is 2. The molecule has 2 N–H and O–H groups in total. The van der Waals surface area contributed by atoms with Crippen LogP contribution < -0.4 is 9.46 Å². The van der Waals surface area contributed by atoms with Crippen LogP contribution in [-0.4, -0.2) is 29.9 Å². The van der Waals surface area contributed by atoms with Gasteiger partial charge in [0.15, 0.2) is 5.03 Å². The number of nitrogens with one attached hydrogen (secondary N) is 1. The highest BCUT2D eigenvalue weighted by Gasteiger charge is 2.26. The molecular weight excluding hydrogens is 378 g/mol. The lowest BCUT2D eigenvalue weighted by molar-refractivity contribution is 0.116. The van der Waals surface area contributed by atoms with Crippen LogP contribution in [0.2, 0.25) is 0 Å². The number of rotatable bonds is 6. The van der Waals surface area contributed by atoms with E-state index in [4.69, 9.17) is 4.74 Å². The van der Waals surface area contributed by atoms with E-state index in [1.807, 2.05) is 30.3 Å². The Hall–Kier alpha value is -2.84. The molecule has 0 saturated carbocycles. The fraction of sp³-hybridized carbons (Fsp3) is 0.250. The molecule has 1 unspecified atom stereocenters. The Bertz CT molecular complexity index is 1060. The van der Waals surface area contributed by atoms with Crippen LogP contribution in [0.1, 0.15) is 23.7 Å². The first-order valence-corrected chi connectivity index (χ1v) is 10.6. The van der Waals surface area contributed by atoms with E-state index in [-0.39, 0.29) is 5.03 Å². The van der Waals surface area contributed by atoms with Gasteiger partial charge in [0.2, 0.25) is 0 Å². The van der Waals surface area contributed by atoms with Crippen molar-refractivity contribution >= 4 is 15.7 Å². The van der Waals surface area contributed by atoms with Gasteiger partial charge in [-0.1, -0.05) is 42.5 Å². The molecule has 0 aliphatic carbocycles. The lowest BCUT2D eigenvalue weighted by atomic mass is 10.0. The average molecular weight is 399 g/mol. The van der Waals surface area contributed by atoms with Gasteiger partial charge in [0.1, 0.15) is 5.75 Å². The van der Waals surface area contributed by atoms with Gasteiger partial charge in [-0.2, -0.15) is 13.5 Å². The second-order valence-electron chi connectivity index (χ2n) is 6.61. The minimum atomic E-state index is -3.87. The summed E-state index contributed by atoms with van der Waals surface area (Å²) in [6, 6.07) is 16.4. The summed E-state index contributed by atoms with van der Waals surface area (Å²) in [6.45, 7) is 0.775. The zero-order valence-electron chi connectivity index (χ0n) is 15.2. The van der Waals surface area contributed by atoms with E-state index in [1.54, 1.807) is 18.2 Å². The van der Waals surface area contributed by atoms with Gasteiger partial charge in [-0.25, -0.2) is 0 Å². The monoisotopic (exact) mass is 399 g/mol. The highest BCUT2D eigenvalue weighted by molar-refractivity contribution is 7.92. The van der Waals surface area contributed by atoms with Crippen LogP contribution in [0.4, 0.5) is 5.69 Å². The molecule has 7 nitrogen and oxygen atoms in total. The summed E-state index contributed by atoms with van der Waals surface area (Å²) in [7, 11) is -3.87. The molecule has 146 valence electrons. The summed E-state index contributed by atoms with van der Waals surface area (Å²) >= 11 is 0. The summed E-state index contributed by atoms with van der Waals surface area (Å²) in [4.78, 5) is 0. The molecule has 2 heterocycles. The Kier molecular flexibility index (Phi) is 5.06. The molecule has 8 heteroatoms. The van der Waals surface area contributed by atoms with E-state index < -0.39 is 16.1 Å². The van der Waals surface area contributed by atoms with Crippen LogP contribution in [0.25, 0.3) is 0 Å². The van der Waals surface area contributed by atoms with Gasteiger partial charge in [0, 0.05) is 18.5 Å². The van der Waals surface area contributed by atoms with Gasteiger partial charge < -0.3 is 9.84 Å². The van der Waals surface area contributed by atoms with Crippen molar-refractivity contribution < 1.29 is 18.3 Å². The van der Waals surface area contributed by atoms with Crippen LogP contribution in [0, 0.1) is 0 Å². The maximum atomic E-state index is 13.0. The summed E-state index contributed by atoms with van der Waals surface area (Å²) in [5.74, 6) is 0.375. The number of hydrogen-bond acceptors (Lipinski definition) is 5. The van der Waals surface area contributed by atoms with Crippen molar-refractivity contribution in [1.82, 2.24) is 9.78 Å². The van der Waals surface area contributed by atoms with E-state index >= 15 is 0 Å². The van der Waals surface area contributed by atoms with E-state index in [0.29, 0.717) is 43.0 Å². The van der Waals surface area contributed by atoms with Crippen molar-refractivity contribution in [1.29, 1.82) is 0 Å². The van der Waals surface area contributed by atoms with Crippen molar-refractivity contribution in [2.75, 3.05) is 11.3 Å². The summed E-state index contributed by atoms with van der Waals surface area (Å²) in [6.07, 6.45) is 1.96. The average Bonchev–Trinajstić information content (AvgIpc) is 3.18. The third kappa shape index (κ3) is 3.74. The molecule has 4 rings (SSSR count). The predicted molar refractivity (Wildman–Crippen MR) is 105 cm³/mol. The Labute approximate surface area is 163 Å². The van der Waals surface area contributed by atoms with Gasteiger partial charge in [0.05, 0.1) is 24.6 Å². The molecule has 0 spiro atoms. The minimum absolute atomic E-state index is 0.0809. The van der Waals surface area contributed by atoms with Crippen LogP contribution >= 0.6 is 0 Å². The molecule has 0 amide bonds. The Balaban J connectivity index is 1.57. The number of nitrogens with zero attached hydrogens (tertiary/aromatic N) is 2. The first-order valence-electron chi connectivity index (χ1n) is 9.07. The maximum Gasteiger partial charge on any atom is 0.279 e. The lowest BCUT2D eigenvalue weighted by Gasteiger charge is -2.24. The highest BCUT2D eigenvalue weighted by Crippen LogP contribution is 2.38. The fourth-order valence-electron chi connectivity index (χ4n) is 3.28. The molecule has 1 aromatic heterocycles. The number of aliphatic hydroxyl groups excluding tert-OH is 1. The normalized spacial score (nSPS) is 16.2. The second-order valence-corrected chi connectivity index (χ2v) is 8.24. The number of benzene rings is 2. The number of aryl methyl sites for hydroxylation is 2. The number of fused-ring (bicyclic) bond motifs is 1. The SMILES string of the molecule is O=S(=O)(Nc1cccc2c1OCCC2O)c1ccnn1CCc1ccccc1. The topological polar surface area (TPSA) is 93.5 Å². The molecule has 1 aliphatic rings. The predicted octanol–water partition coefficient (Wildman–Crippen LogP) is 2.74. The first-order chi connectivity index (χ1) is 13.5. The number of anilines is 1. The fourth-order valence-corrected chi connectivity index (χ4v) is 4.49. The number of hydrogen-bond donors (Lipinski definition) is 2. The molecule has 1 aliphatic heterocycles. The van der Waals surface area contributed by atoms with Crippen molar-refractivity contribution in [3.63, 3.8) is 0 Å². The molecule has 0 radical (unpaired) electrons. The largest absolute Gasteiger partial charge is 0.491 e. The third-order valence-electron chi connectivity index (χ3n) is 4.69. The molecule has 1 atom stereocenters. The standard InChI is InChI=1S/C20H21N3O4S/c24-18-11-14-27-20-16(18)7-4-8-17(20)22-28(25,26)19-9-12-21-23(19)13-10-15-5-2-1-3-6-15/h1-9,12,18,22,24H,10-11,13-14H2. The second kappa shape index (κ2) is 7.65. The van der Waals surface area contributed by atoms with Gasteiger partial charge >= 0.3 is 0 Å². The molecule has 0 saturated heterocycles. The van der Waals surface area contributed by atoms with E-state index in [9.17, 15) is 13.5 Å². The zero-order valence-corrected chi connectivity index (χ0v) is 16.0. The third-order valence-corrected chi connectivity index (χ3v) is 6.08. The van der Waals surface area contributed by atoms with Gasteiger partial charge in [-0.15, -0.1) is 0 Å². The number of ether oxygens (including phenoxy) is 1.